The van der Waals surface area contributed by atoms with Gasteiger partial charge in [-0.2, -0.15) is 12.1 Å². The van der Waals surface area contributed by atoms with Crippen LogP contribution in [0.15, 0.2) is 109 Å². The van der Waals surface area contributed by atoms with Crippen LogP contribution in [0.1, 0.15) is 125 Å². The van der Waals surface area contributed by atoms with E-state index in [2.05, 4.69) is 157 Å². The van der Waals surface area contributed by atoms with E-state index in [4.69, 9.17) is 0 Å². The normalized spacial score (nSPS) is 13.8. The average Bonchev–Trinajstić information content (AvgIpc) is 3.76. The quantitative estimate of drug-likeness (QED) is 0.101. The van der Waals surface area contributed by atoms with Gasteiger partial charge in [0.05, 0.1) is 0 Å². The molecule has 280 valence electrons. The number of hydrogen-bond acceptors (Lipinski definition) is 0. The van der Waals surface area contributed by atoms with Crippen LogP contribution in [0.25, 0.3) is 43.8 Å². The first-order valence-electron chi connectivity index (χ1n) is 19.8. The minimum Gasteiger partial charge on any atom is -1.00 e. The SMILES string of the molecule is CCCC(C)c1cc2c(-c3ccc(C4CCCCC4)cc3)cccc2[cH-]1.CCCC(C)c1ccc(-c2cccc3[cH-]c(C)cc23)cc1.C[Si](C)=[Zr+2].[Cl-].[Cl-]. The summed E-state index contributed by atoms with van der Waals surface area (Å²) in [6, 6.07) is 41.3. The Morgan fingerprint density at radius 2 is 1.15 bits per heavy atom. The van der Waals surface area contributed by atoms with Gasteiger partial charge >= 0.3 is 41.9 Å². The van der Waals surface area contributed by atoms with Crippen LogP contribution in [0, 0.1) is 6.92 Å². The number of hydrogen-bond donors (Lipinski definition) is 0. The van der Waals surface area contributed by atoms with Gasteiger partial charge in [-0.3, -0.25) is 0 Å². The second-order valence-corrected chi connectivity index (χ2v) is 24.8. The summed E-state index contributed by atoms with van der Waals surface area (Å²) in [7, 11) is 0. The zero-order valence-corrected chi connectivity index (χ0v) is 38.2. The summed E-state index contributed by atoms with van der Waals surface area (Å²) in [5.41, 5.74) is 11.4. The van der Waals surface area contributed by atoms with Crippen molar-refractivity contribution in [1.82, 2.24) is 0 Å². The van der Waals surface area contributed by atoms with Gasteiger partial charge in [0.1, 0.15) is 0 Å². The molecule has 1 saturated carbocycles. The monoisotopic (exact) mass is 836 g/mol. The molecule has 0 radical (unpaired) electrons. The molecule has 4 heteroatoms. The minimum atomic E-state index is 0. The molecule has 2 atom stereocenters. The molecule has 1 aliphatic carbocycles. The van der Waals surface area contributed by atoms with Crippen molar-refractivity contribution in [2.75, 3.05) is 0 Å². The predicted octanol–water partition coefficient (Wildman–Crippen LogP) is 9.41. The first kappa shape index (κ1) is 45.2. The molecule has 0 saturated heterocycles. The van der Waals surface area contributed by atoms with E-state index in [1.807, 2.05) is 0 Å². The van der Waals surface area contributed by atoms with Crippen molar-refractivity contribution in [2.24, 2.45) is 0 Å². The van der Waals surface area contributed by atoms with Crippen molar-refractivity contribution < 1.29 is 48.1 Å². The maximum absolute atomic E-state index is 2.43. The van der Waals surface area contributed by atoms with Crippen LogP contribution in [-0.4, -0.2) is 5.43 Å². The van der Waals surface area contributed by atoms with Crippen LogP contribution in [0.4, 0.5) is 0 Å². The first-order chi connectivity index (χ1) is 24.7. The third kappa shape index (κ3) is 12.4. The second kappa shape index (κ2) is 22.4. The van der Waals surface area contributed by atoms with Crippen LogP contribution in [0.2, 0.25) is 13.1 Å². The Kier molecular flexibility index (Phi) is 19.1. The van der Waals surface area contributed by atoms with Gasteiger partial charge in [-0.15, -0.1) is 69.1 Å². The summed E-state index contributed by atoms with van der Waals surface area (Å²) in [6.45, 7) is 16.0. The van der Waals surface area contributed by atoms with Gasteiger partial charge in [0.15, 0.2) is 0 Å². The molecule has 0 bridgehead atoms. The van der Waals surface area contributed by atoms with Gasteiger partial charge in [0, 0.05) is 0 Å². The van der Waals surface area contributed by atoms with E-state index >= 15 is 0 Å². The molecular formula is C49H60Cl2SiZr-2. The van der Waals surface area contributed by atoms with Gasteiger partial charge in [-0.1, -0.05) is 139 Å². The van der Waals surface area contributed by atoms with Crippen LogP contribution in [-0.2, 0) is 23.3 Å². The molecule has 0 nitrogen and oxygen atoms in total. The molecule has 6 aromatic carbocycles. The summed E-state index contributed by atoms with van der Waals surface area (Å²) in [4.78, 5) is 0. The maximum Gasteiger partial charge on any atom is -1.00 e. The number of benzene rings is 4. The van der Waals surface area contributed by atoms with Gasteiger partial charge in [-0.05, 0) is 65.7 Å². The molecule has 0 aliphatic heterocycles. The maximum atomic E-state index is 2.43. The molecule has 0 heterocycles. The van der Waals surface area contributed by atoms with E-state index in [1.165, 1.54) is 118 Å². The molecule has 7 rings (SSSR count). The predicted molar refractivity (Wildman–Crippen MR) is 225 cm³/mol. The summed E-state index contributed by atoms with van der Waals surface area (Å²) < 4.78 is 0. The molecule has 1 aliphatic rings. The molecule has 0 N–H and O–H groups in total. The summed E-state index contributed by atoms with van der Waals surface area (Å²) in [5, 5.41) is 5.51. The van der Waals surface area contributed by atoms with Crippen molar-refractivity contribution in [3.63, 3.8) is 0 Å². The van der Waals surface area contributed by atoms with Crippen molar-refractivity contribution in [3.8, 4) is 22.3 Å². The fraction of sp³-hybridized carbons (Fsp3) is 0.388. The van der Waals surface area contributed by atoms with E-state index in [0.29, 0.717) is 11.8 Å². The Balaban J connectivity index is 0.000000255. The van der Waals surface area contributed by atoms with E-state index in [0.717, 1.165) is 5.92 Å². The Morgan fingerprint density at radius 1 is 0.660 bits per heavy atom. The Labute approximate surface area is 349 Å². The molecule has 0 amide bonds. The first-order valence-corrected chi connectivity index (χ1v) is 25.9. The molecule has 1 fully saturated rings. The van der Waals surface area contributed by atoms with Gasteiger partial charge in [-0.25, -0.2) is 0 Å². The molecular weight excluding hydrogens is 779 g/mol. The summed E-state index contributed by atoms with van der Waals surface area (Å²) in [5.74, 6) is 2.09. The van der Waals surface area contributed by atoms with Gasteiger partial charge in [0.25, 0.3) is 0 Å². The van der Waals surface area contributed by atoms with Gasteiger partial charge in [0.2, 0.25) is 0 Å². The zero-order valence-electron chi connectivity index (χ0n) is 33.2. The summed E-state index contributed by atoms with van der Waals surface area (Å²) >= 11 is 1.74. The fourth-order valence-corrected chi connectivity index (χ4v) is 7.99. The van der Waals surface area contributed by atoms with Crippen LogP contribution < -0.4 is 24.8 Å². The average molecular weight is 839 g/mol. The van der Waals surface area contributed by atoms with E-state index < -0.39 is 0 Å². The second-order valence-electron chi connectivity index (χ2n) is 15.4. The van der Waals surface area contributed by atoms with Crippen LogP contribution in [0.5, 0.6) is 0 Å². The number of aryl methyl sites for hydroxylation is 1. The Morgan fingerprint density at radius 3 is 1.70 bits per heavy atom. The molecule has 6 aromatic rings. The summed E-state index contributed by atoms with van der Waals surface area (Å²) in [6.07, 6.45) is 12.0. The van der Waals surface area contributed by atoms with Crippen molar-refractivity contribution in [2.45, 2.75) is 123 Å². The Bertz CT molecular complexity index is 1970. The number of fused-ring (bicyclic) bond motifs is 2. The molecule has 2 unspecified atom stereocenters. The van der Waals surface area contributed by atoms with E-state index in [-0.39, 0.29) is 30.2 Å². The smallest absolute Gasteiger partial charge is 1.00 e. The third-order valence-corrected chi connectivity index (χ3v) is 10.8. The largest absolute Gasteiger partial charge is 1.00 e. The molecule has 53 heavy (non-hydrogen) atoms. The van der Waals surface area contributed by atoms with E-state index in [9.17, 15) is 0 Å². The van der Waals surface area contributed by atoms with Crippen molar-refractivity contribution >= 4 is 27.0 Å². The standard InChI is InChI=1S/C26H31.C21H23.C2H6Si.2ClH.Zr/c1-3-8-19(2)24-17-23-11-7-12-25(26(23)18-24)22-15-13-21(14-16-22)20-9-5-4-6-10-20;1-4-6-16(3)17-9-11-18(12-10-17)20-8-5-7-19-13-15(2)14-21(19)20;1-3-2;;;/h7,11-20H,3-6,8-10H2,1-2H3;5,7-14,16H,4,6H2,1-3H3;1-2H3;2*1H;/q2*-1;;;;+2/p-2. The van der Waals surface area contributed by atoms with Crippen LogP contribution in [0.3, 0.4) is 0 Å². The van der Waals surface area contributed by atoms with Crippen molar-refractivity contribution in [1.29, 1.82) is 0 Å². The van der Waals surface area contributed by atoms with E-state index in [1.54, 1.807) is 28.9 Å². The fourth-order valence-electron chi connectivity index (χ4n) is 7.99. The van der Waals surface area contributed by atoms with Crippen LogP contribution >= 0.6 is 0 Å². The van der Waals surface area contributed by atoms with Gasteiger partial charge < -0.3 is 24.8 Å². The number of halogens is 2. The number of rotatable bonds is 9. The molecule has 0 aromatic heterocycles. The molecule has 0 spiro atoms. The third-order valence-electron chi connectivity index (χ3n) is 10.8. The Hall–Kier alpha value is -2.22. The topological polar surface area (TPSA) is 0 Å². The zero-order chi connectivity index (χ0) is 36.3. The van der Waals surface area contributed by atoms with Crippen molar-refractivity contribution in [3.05, 3.63) is 131 Å². The minimum absolute atomic E-state index is 0.